The van der Waals surface area contributed by atoms with Crippen LogP contribution in [0.4, 0.5) is 0 Å². The van der Waals surface area contributed by atoms with Crippen molar-refractivity contribution in [2.24, 2.45) is 17.8 Å². The Morgan fingerprint density at radius 3 is 0.800 bits per heavy atom. The van der Waals surface area contributed by atoms with Crippen LogP contribution in [0.1, 0.15) is 389 Å². The van der Waals surface area contributed by atoms with Gasteiger partial charge in [0, 0.05) is 25.7 Å². The lowest BCUT2D eigenvalue weighted by molar-refractivity contribution is -0.161. The molecule has 6 atom stereocenters. The second kappa shape index (κ2) is 66.6. The van der Waals surface area contributed by atoms with E-state index in [1.165, 1.54) is 193 Å². The van der Waals surface area contributed by atoms with E-state index in [4.69, 9.17) is 37.0 Å². The predicted octanol–water partition coefficient (Wildman–Crippen LogP) is 22.2. The third-order valence-electron chi connectivity index (χ3n) is 18.0. The van der Waals surface area contributed by atoms with E-state index in [1.54, 1.807) is 0 Å². The Morgan fingerprint density at radius 1 is 0.305 bits per heavy atom. The molecule has 0 radical (unpaired) electrons. The first-order valence-electron chi connectivity index (χ1n) is 39.4. The number of phosphoric ester groups is 2. The summed E-state index contributed by atoms with van der Waals surface area (Å²) in [7, 11) is -9.91. The first-order chi connectivity index (χ1) is 45.8. The van der Waals surface area contributed by atoms with Crippen LogP contribution >= 0.6 is 15.6 Å². The molecule has 17 nitrogen and oxygen atoms in total. The summed E-state index contributed by atoms with van der Waals surface area (Å²) in [6, 6.07) is 0. The number of phosphoric acid groups is 2. The van der Waals surface area contributed by atoms with Gasteiger partial charge in [-0.2, -0.15) is 0 Å². The molecule has 0 saturated carbocycles. The van der Waals surface area contributed by atoms with Gasteiger partial charge in [-0.25, -0.2) is 9.13 Å². The van der Waals surface area contributed by atoms with Crippen LogP contribution in [-0.2, 0) is 65.4 Å². The van der Waals surface area contributed by atoms with Crippen molar-refractivity contribution in [2.75, 3.05) is 39.6 Å². The zero-order valence-electron chi connectivity index (χ0n) is 62.1. The zero-order chi connectivity index (χ0) is 70.1. The number of aliphatic hydroxyl groups is 1. The monoisotopic (exact) mass is 1400 g/mol. The summed E-state index contributed by atoms with van der Waals surface area (Å²) in [4.78, 5) is 72.7. The smallest absolute Gasteiger partial charge is 0.462 e. The number of rotatable bonds is 74. The predicted molar refractivity (Wildman–Crippen MR) is 386 cm³/mol. The van der Waals surface area contributed by atoms with Gasteiger partial charge in [0.15, 0.2) is 12.2 Å². The van der Waals surface area contributed by atoms with Gasteiger partial charge < -0.3 is 33.8 Å². The van der Waals surface area contributed by atoms with Crippen molar-refractivity contribution in [3.8, 4) is 0 Å². The Kier molecular flexibility index (Phi) is 65.2. The van der Waals surface area contributed by atoms with E-state index in [1.807, 2.05) is 0 Å². The molecule has 19 heteroatoms. The second-order valence-corrected chi connectivity index (χ2v) is 31.5. The number of hydrogen-bond donors (Lipinski definition) is 3. The summed E-state index contributed by atoms with van der Waals surface area (Å²) in [5.74, 6) is 0.208. The highest BCUT2D eigenvalue weighted by molar-refractivity contribution is 7.47. The molecule has 0 aliphatic carbocycles. The number of esters is 4. The molecule has 0 aromatic heterocycles. The Labute approximate surface area is 581 Å². The minimum atomic E-state index is -4.96. The van der Waals surface area contributed by atoms with Gasteiger partial charge in [-0.15, -0.1) is 0 Å². The Hall–Kier alpha value is -1.94. The van der Waals surface area contributed by atoms with Crippen molar-refractivity contribution in [2.45, 2.75) is 407 Å². The fraction of sp³-hybridized carbons (Fsp3) is 0.947. The second-order valence-electron chi connectivity index (χ2n) is 28.6. The van der Waals surface area contributed by atoms with Gasteiger partial charge in [-0.3, -0.25) is 37.3 Å². The molecule has 0 bridgehead atoms. The maximum Gasteiger partial charge on any atom is 0.472 e. The lowest BCUT2D eigenvalue weighted by Gasteiger charge is -2.21. The molecule has 3 unspecified atom stereocenters. The van der Waals surface area contributed by atoms with Crippen molar-refractivity contribution in [1.82, 2.24) is 0 Å². The van der Waals surface area contributed by atoms with Crippen LogP contribution in [0.2, 0.25) is 0 Å². The van der Waals surface area contributed by atoms with E-state index < -0.39 is 97.5 Å². The molecule has 0 saturated heterocycles. The largest absolute Gasteiger partial charge is 0.472 e. The summed E-state index contributed by atoms with van der Waals surface area (Å²) >= 11 is 0. The summed E-state index contributed by atoms with van der Waals surface area (Å²) in [6.07, 6.45) is 53.0. The fourth-order valence-corrected chi connectivity index (χ4v) is 13.1. The topological polar surface area (TPSA) is 237 Å². The SMILES string of the molecule is CCCCCCCCCCC(=O)OC[C@H](COP(=O)(O)OC[C@H](O)COP(=O)(O)OC[C@@H](COC(=O)CCCCCCCCCCCCCCCC(C)C)OC(=O)CCCCCCCCCCCCCCCCCCCCC(C)C)OC(=O)CCCCCCCCC(C)CC. The highest BCUT2D eigenvalue weighted by atomic mass is 31.2. The van der Waals surface area contributed by atoms with Gasteiger partial charge in [0.2, 0.25) is 0 Å². The van der Waals surface area contributed by atoms with Crippen LogP contribution in [0.3, 0.4) is 0 Å². The van der Waals surface area contributed by atoms with Crippen LogP contribution in [0.15, 0.2) is 0 Å². The molecule has 0 heterocycles. The normalized spacial score (nSPS) is 14.4. The first-order valence-corrected chi connectivity index (χ1v) is 42.4. The fourth-order valence-electron chi connectivity index (χ4n) is 11.6. The third-order valence-corrected chi connectivity index (χ3v) is 19.9. The van der Waals surface area contributed by atoms with Crippen LogP contribution < -0.4 is 0 Å². The van der Waals surface area contributed by atoms with Crippen LogP contribution in [0.5, 0.6) is 0 Å². The molecule has 0 fully saturated rings. The number of ether oxygens (including phenoxy) is 4. The number of carbonyl (C=O) groups is 4. The maximum atomic E-state index is 13.1. The van der Waals surface area contributed by atoms with E-state index in [0.29, 0.717) is 25.7 Å². The van der Waals surface area contributed by atoms with Gasteiger partial charge in [0.1, 0.15) is 19.3 Å². The van der Waals surface area contributed by atoms with E-state index in [-0.39, 0.29) is 25.7 Å². The lowest BCUT2D eigenvalue weighted by Crippen LogP contribution is -2.30. The summed E-state index contributed by atoms with van der Waals surface area (Å²) < 4.78 is 68.4. The van der Waals surface area contributed by atoms with E-state index in [0.717, 1.165) is 114 Å². The van der Waals surface area contributed by atoms with Gasteiger partial charge in [-0.05, 0) is 43.4 Å². The molecule has 0 aliphatic heterocycles. The average molecular weight is 1400 g/mol. The van der Waals surface area contributed by atoms with E-state index in [9.17, 15) is 43.2 Å². The maximum absolute atomic E-state index is 13.1. The van der Waals surface area contributed by atoms with Crippen molar-refractivity contribution in [3.63, 3.8) is 0 Å². The van der Waals surface area contributed by atoms with Gasteiger partial charge >= 0.3 is 39.5 Å². The molecular weight excluding hydrogens is 1250 g/mol. The number of unbranched alkanes of at least 4 members (excludes halogenated alkanes) is 41. The van der Waals surface area contributed by atoms with Crippen molar-refractivity contribution < 1.29 is 80.2 Å². The molecule has 0 aromatic carbocycles. The molecule has 564 valence electrons. The minimum Gasteiger partial charge on any atom is -0.462 e. The van der Waals surface area contributed by atoms with Crippen LogP contribution in [-0.4, -0.2) is 96.7 Å². The van der Waals surface area contributed by atoms with Crippen LogP contribution in [0.25, 0.3) is 0 Å². The molecule has 0 aliphatic rings. The quantitative estimate of drug-likeness (QED) is 0.0222. The standard InChI is InChI=1S/C76H148O17P2/c1-8-10-11-12-13-35-43-50-57-73(78)86-64-72(93-76(81)60-53-46-39-38-42-49-56-69(7)9-2)66-91-95(84,85)89-62-70(77)61-88-94(82,83)90-65-71(63-87-74(79)58-51-44-36-31-27-24-20-22-26-30-34-41-48-55-68(5)6)92-75(80)59-52-45-37-32-28-23-19-17-15-14-16-18-21-25-29-33-40-47-54-67(3)4/h67-72,77H,8-66H2,1-7H3,(H,82,83)(H,84,85)/t69?,70-,71-,72-/m1/s1. The molecule has 0 amide bonds. The zero-order valence-corrected chi connectivity index (χ0v) is 63.9. The van der Waals surface area contributed by atoms with Gasteiger partial charge in [-0.1, -0.05) is 337 Å². The Balaban J connectivity index is 5.18. The Bertz CT molecular complexity index is 1850. The molecule has 3 N–H and O–H groups in total. The van der Waals surface area contributed by atoms with Crippen molar-refractivity contribution >= 4 is 39.5 Å². The molecule has 0 spiro atoms. The lowest BCUT2D eigenvalue weighted by atomic mass is 10.00. The molecule has 95 heavy (non-hydrogen) atoms. The summed E-state index contributed by atoms with van der Waals surface area (Å²) in [6.45, 7) is 11.9. The van der Waals surface area contributed by atoms with Gasteiger partial charge in [0.05, 0.1) is 26.4 Å². The molecule has 0 rings (SSSR count). The van der Waals surface area contributed by atoms with E-state index in [2.05, 4.69) is 48.5 Å². The number of carbonyl (C=O) groups excluding carboxylic acids is 4. The van der Waals surface area contributed by atoms with Crippen molar-refractivity contribution in [1.29, 1.82) is 0 Å². The van der Waals surface area contributed by atoms with E-state index >= 15 is 0 Å². The molecular formula is C76H148O17P2. The summed E-state index contributed by atoms with van der Waals surface area (Å²) in [5, 5.41) is 10.6. The highest BCUT2D eigenvalue weighted by Crippen LogP contribution is 2.45. The van der Waals surface area contributed by atoms with Crippen molar-refractivity contribution in [3.05, 3.63) is 0 Å². The Morgan fingerprint density at radius 2 is 0.537 bits per heavy atom. The molecule has 0 aromatic rings. The highest BCUT2D eigenvalue weighted by Gasteiger charge is 2.30. The van der Waals surface area contributed by atoms with Crippen LogP contribution in [0, 0.1) is 17.8 Å². The minimum absolute atomic E-state index is 0.103. The number of hydrogen-bond acceptors (Lipinski definition) is 15. The van der Waals surface area contributed by atoms with Gasteiger partial charge in [0.25, 0.3) is 0 Å². The number of aliphatic hydroxyl groups excluding tert-OH is 1. The average Bonchev–Trinajstić information content (AvgIpc) is 1.67. The third kappa shape index (κ3) is 69.0. The summed E-state index contributed by atoms with van der Waals surface area (Å²) in [5.41, 5.74) is 0. The first kappa shape index (κ1) is 93.1.